The van der Waals surface area contributed by atoms with Crippen LogP contribution >= 0.6 is 11.6 Å². The van der Waals surface area contributed by atoms with Crippen molar-refractivity contribution in [1.29, 1.82) is 0 Å². The van der Waals surface area contributed by atoms with Crippen molar-refractivity contribution < 1.29 is 13.2 Å². The first kappa shape index (κ1) is 13.3. The van der Waals surface area contributed by atoms with Crippen molar-refractivity contribution in [2.45, 2.75) is 25.0 Å². The average Bonchev–Trinajstić information content (AvgIpc) is 2.17. The largest absolute Gasteiger partial charge is 0.488 e. The molecule has 0 aromatic carbocycles. The summed E-state index contributed by atoms with van der Waals surface area (Å²) in [5.74, 6) is 0.183. The van der Waals surface area contributed by atoms with Crippen LogP contribution in [-0.2, 0) is 9.84 Å². The number of nitrogens with zero attached hydrogens (tertiary/aromatic N) is 1. The van der Waals surface area contributed by atoms with Crippen molar-refractivity contribution in [3.8, 4) is 5.75 Å². The smallest absolute Gasteiger partial charge is 0.200 e. The summed E-state index contributed by atoms with van der Waals surface area (Å²) < 4.78 is 29.0. The third kappa shape index (κ3) is 3.35. The van der Waals surface area contributed by atoms with Gasteiger partial charge in [-0.05, 0) is 26.0 Å². The second kappa shape index (κ2) is 5.50. The monoisotopic (exact) mass is 263 g/mol. The number of ether oxygens (including phenoxy) is 1. The highest BCUT2D eigenvalue weighted by Crippen LogP contribution is 2.22. The second-order valence-corrected chi connectivity index (χ2v) is 5.88. The maximum atomic E-state index is 11.8. The minimum Gasteiger partial charge on any atom is -0.488 e. The Morgan fingerprint density at radius 3 is 2.75 bits per heavy atom. The first-order valence-corrected chi connectivity index (χ1v) is 7.06. The van der Waals surface area contributed by atoms with Crippen LogP contribution in [0, 0.1) is 0 Å². The van der Waals surface area contributed by atoms with Gasteiger partial charge in [0.05, 0.1) is 11.9 Å². The summed E-state index contributed by atoms with van der Waals surface area (Å²) >= 11 is 5.45. The van der Waals surface area contributed by atoms with Gasteiger partial charge < -0.3 is 4.74 Å². The average molecular weight is 264 g/mol. The molecule has 0 spiro atoms. The molecule has 1 aromatic rings. The third-order valence-corrected chi connectivity index (χ3v) is 3.79. The number of halogens is 1. The van der Waals surface area contributed by atoms with Crippen LogP contribution in [0.25, 0.3) is 0 Å². The van der Waals surface area contributed by atoms with E-state index in [4.69, 9.17) is 16.3 Å². The number of hydrogen-bond acceptors (Lipinski definition) is 4. The molecule has 0 unspecified atom stereocenters. The fourth-order valence-electron chi connectivity index (χ4n) is 1.15. The van der Waals surface area contributed by atoms with Gasteiger partial charge in [0.1, 0.15) is 0 Å². The molecule has 1 aromatic heterocycles. The van der Waals surface area contributed by atoms with Crippen molar-refractivity contribution in [2.24, 2.45) is 0 Å². The van der Waals surface area contributed by atoms with Crippen LogP contribution in [0.2, 0.25) is 0 Å². The molecule has 4 nitrogen and oxygen atoms in total. The van der Waals surface area contributed by atoms with Gasteiger partial charge in [-0.2, -0.15) is 0 Å². The van der Waals surface area contributed by atoms with Crippen LogP contribution in [0.4, 0.5) is 0 Å². The molecule has 0 atom stereocenters. The summed E-state index contributed by atoms with van der Waals surface area (Å²) in [6.07, 6.45) is 1.32. The molecule has 90 valence electrons. The predicted octanol–water partition coefficient (Wildman–Crippen LogP) is 1.88. The van der Waals surface area contributed by atoms with E-state index in [2.05, 4.69) is 4.98 Å². The zero-order chi connectivity index (χ0) is 12.2. The maximum absolute atomic E-state index is 11.8. The topological polar surface area (TPSA) is 56.3 Å². The van der Waals surface area contributed by atoms with E-state index in [1.807, 2.05) is 13.8 Å². The number of alkyl halides is 1. The summed E-state index contributed by atoms with van der Waals surface area (Å²) in [4.78, 5) is 3.85. The van der Waals surface area contributed by atoms with Gasteiger partial charge in [-0.15, -0.1) is 11.6 Å². The molecule has 0 saturated carbocycles. The molecule has 1 rings (SSSR count). The van der Waals surface area contributed by atoms with E-state index in [1.165, 1.54) is 6.20 Å². The Hall–Kier alpha value is -0.810. The van der Waals surface area contributed by atoms with Gasteiger partial charge in [0.15, 0.2) is 10.8 Å². The van der Waals surface area contributed by atoms with Crippen molar-refractivity contribution in [2.75, 3.05) is 11.6 Å². The highest BCUT2D eigenvalue weighted by atomic mass is 35.5. The Bertz CT molecular complexity index is 445. The fraction of sp³-hybridized carbons (Fsp3) is 0.500. The lowest BCUT2D eigenvalue weighted by atomic mass is 10.4. The van der Waals surface area contributed by atoms with Crippen LogP contribution in [0.15, 0.2) is 23.4 Å². The van der Waals surface area contributed by atoms with Gasteiger partial charge in [0.25, 0.3) is 0 Å². The zero-order valence-corrected chi connectivity index (χ0v) is 10.8. The van der Waals surface area contributed by atoms with E-state index in [1.54, 1.807) is 12.1 Å². The third-order valence-electron chi connectivity index (χ3n) is 1.74. The second-order valence-electron chi connectivity index (χ2n) is 3.48. The Morgan fingerprint density at radius 2 is 2.19 bits per heavy atom. The van der Waals surface area contributed by atoms with E-state index in [-0.39, 0.29) is 28.5 Å². The molecule has 0 aliphatic carbocycles. The lowest BCUT2D eigenvalue weighted by Gasteiger charge is -2.12. The van der Waals surface area contributed by atoms with Crippen LogP contribution < -0.4 is 4.74 Å². The minimum atomic E-state index is -3.45. The van der Waals surface area contributed by atoms with E-state index >= 15 is 0 Å². The molecule has 16 heavy (non-hydrogen) atoms. The SMILES string of the molecule is CC(C)Oc1cccnc1S(=O)(=O)CCCl. The molecular formula is C10H14ClNO3S. The Kier molecular flexibility index (Phi) is 4.56. The van der Waals surface area contributed by atoms with Crippen LogP contribution in [0.1, 0.15) is 13.8 Å². The van der Waals surface area contributed by atoms with Crippen molar-refractivity contribution >= 4 is 21.4 Å². The first-order chi connectivity index (χ1) is 7.47. The number of pyridine rings is 1. The van der Waals surface area contributed by atoms with Crippen molar-refractivity contribution in [3.05, 3.63) is 18.3 Å². The molecule has 0 amide bonds. The Balaban J connectivity index is 3.13. The van der Waals surface area contributed by atoms with E-state index in [9.17, 15) is 8.42 Å². The Morgan fingerprint density at radius 1 is 1.50 bits per heavy atom. The minimum absolute atomic E-state index is 0.0376. The number of aromatic nitrogens is 1. The molecule has 0 saturated heterocycles. The summed E-state index contributed by atoms with van der Waals surface area (Å²) in [5.41, 5.74) is 0. The molecule has 0 aliphatic rings. The van der Waals surface area contributed by atoms with Crippen LogP contribution in [0.3, 0.4) is 0 Å². The highest BCUT2D eigenvalue weighted by molar-refractivity contribution is 7.91. The zero-order valence-electron chi connectivity index (χ0n) is 9.18. The molecular weight excluding hydrogens is 250 g/mol. The van der Waals surface area contributed by atoms with Crippen LogP contribution in [-0.4, -0.2) is 31.1 Å². The molecule has 0 N–H and O–H groups in total. The Labute approximate surface area is 101 Å². The van der Waals surface area contributed by atoms with Gasteiger partial charge >= 0.3 is 0 Å². The summed E-state index contributed by atoms with van der Waals surface area (Å²) in [7, 11) is -3.45. The lowest BCUT2D eigenvalue weighted by Crippen LogP contribution is -2.14. The standard InChI is InChI=1S/C10H14ClNO3S/c1-8(2)15-9-4-3-6-12-10(9)16(13,14)7-5-11/h3-4,6,8H,5,7H2,1-2H3. The normalized spacial score (nSPS) is 11.8. The van der Waals surface area contributed by atoms with Gasteiger partial charge in [0.2, 0.25) is 9.84 Å². The number of hydrogen-bond donors (Lipinski definition) is 0. The van der Waals surface area contributed by atoms with Gasteiger partial charge in [-0.3, -0.25) is 0 Å². The van der Waals surface area contributed by atoms with Gasteiger partial charge in [-0.1, -0.05) is 0 Å². The molecule has 1 heterocycles. The van der Waals surface area contributed by atoms with E-state index in [0.717, 1.165) is 0 Å². The van der Waals surface area contributed by atoms with E-state index in [0.29, 0.717) is 0 Å². The van der Waals surface area contributed by atoms with E-state index < -0.39 is 9.84 Å². The summed E-state index contributed by atoms with van der Waals surface area (Å²) in [6, 6.07) is 3.23. The quantitative estimate of drug-likeness (QED) is 0.761. The summed E-state index contributed by atoms with van der Waals surface area (Å²) in [5, 5.41) is -0.0376. The fourth-order valence-corrected chi connectivity index (χ4v) is 2.80. The molecule has 6 heteroatoms. The van der Waals surface area contributed by atoms with Crippen molar-refractivity contribution in [1.82, 2.24) is 4.98 Å². The number of rotatable bonds is 5. The van der Waals surface area contributed by atoms with Gasteiger partial charge in [-0.25, -0.2) is 13.4 Å². The molecule has 0 bridgehead atoms. The summed E-state index contributed by atoms with van der Waals surface area (Å²) in [6.45, 7) is 3.65. The molecule has 0 fully saturated rings. The van der Waals surface area contributed by atoms with Crippen molar-refractivity contribution in [3.63, 3.8) is 0 Å². The highest BCUT2D eigenvalue weighted by Gasteiger charge is 2.21. The lowest BCUT2D eigenvalue weighted by molar-refractivity contribution is 0.234. The molecule has 0 radical (unpaired) electrons. The molecule has 0 aliphatic heterocycles. The first-order valence-electron chi connectivity index (χ1n) is 4.88. The number of sulfone groups is 1. The van der Waals surface area contributed by atoms with Gasteiger partial charge in [0, 0.05) is 12.1 Å². The van der Waals surface area contributed by atoms with Crippen LogP contribution in [0.5, 0.6) is 5.75 Å². The predicted molar refractivity (Wildman–Crippen MR) is 62.8 cm³/mol. The maximum Gasteiger partial charge on any atom is 0.200 e.